The van der Waals surface area contributed by atoms with Gasteiger partial charge in [0.25, 0.3) is 11.8 Å². The molecule has 1 fully saturated rings. The number of carbonyl (C=O) groups excluding carboxylic acids is 3. The third-order valence-corrected chi connectivity index (χ3v) is 3.88. The monoisotopic (exact) mass is 273 g/mol. The molecule has 1 aromatic rings. The van der Waals surface area contributed by atoms with Gasteiger partial charge in [-0.3, -0.25) is 19.3 Å². The van der Waals surface area contributed by atoms with Crippen molar-refractivity contribution >= 4 is 17.8 Å². The van der Waals surface area contributed by atoms with E-state index in [1.54, 1.807) is 24.3 Å². The van der Waals surface area contributed by atoms with Crippen LogP contribution in [0.15, 0.2) is 24.3 Å². The molecule has 0 unspecified atom stereocenters. The molecule has 2 aliphatic rings. The second-order valence-corrected chi connectivity index (χ2v) is 5.10. The molecule has 3 rings (SSSR count). The van der Waals surface area contributed by atoms with Crippen molar-refractivity contribution in [1.82, 2.24) is 4.90 Å². The Bertz CT molecular complexity index is 542. The van der Waals surface area contributed by atoms with Gasteiger partial charge in [-0.15, -0.1) is 0 Å². The zero-order chi connectivity index (χ0) is 14.1. The molecule has 0 N–H and O–H groups in total. The Morgan fingerprint density at radius 2 is 1.75 bits per heavy atom. The highest BCUT2D eigenvalue weighted by Gasteiger charge is 2.35. The van der Waals surface area contributed by atoms with Gasteiger partial charge >= 0.3 is 5.97 Å². The van der Waals surface area contributed by atoms with Crippen molar-refractivity contribution in [3.63, 3.8) is 0 Å². The van der Waals surface area contributed by atoms with Crippen molar-refractivity contribution in [3.8, 4) is 0 Å². The molecule has 1 aliphatic carbocycles. The molecule has 20 heavy (non-hydrogen) atoms. The highest BCUT2D eigenvalue weighted by atomic mass is 16.5. The van der Waals surface area contributed by atoms with Crippen LogP contribution in [0.3, 0.4) is 0 Å². The first kappa shape index (κ1) is 12.8. The zero-order valence-corrected chi connectivity index (χ0v) is 11.0. The summed E-state index contributed by atoms with van der Waals surface area (Å²) in [6.07, 6.45) is 2.83. The molecule has 0 bridgehead atoms. The van der Waals surface area contributed by atoms with E-state index in [0.29, 0.717) is 11.1 Å². The Morgan fingerprint density at radius 3 is 2.25 bits per heavy atom. The minimum absolute atomic E-state index is 0.0113. The van der Waals surface area contributed by atoms with Crippen molar-refractivity contribution in [3.05, 3.63) is 35.4 Å². The molecule has 104 valence electrons. The van der Waals surface area contributed by atoms with E-state index in [1.807, 2.05) is 0 Å². The average molecular weight is 273 g/mol. The van der Waals surface area contributed by atoms with E-state index in [1.165, 1.54) is 0 Å². The normalized spacial score (nSPS) is 17.9. The fourth-order valence-electron chi connectivity index (χ4n) is 2.44. The van der Waals surface area contributed by atoms with Crippen LogP contribution in [-0.2, 0) is 9.53 Å². The third-order valence-electron chi connectivity index (χ3n) is 3.88. The molecule has 5 heteroatoms. The maximum absolute atomic E-state index is 12.0. The molecule has 2 amide bonds. The first-order valence-corrected chi connectivity index (χ1v) is 6.80. The lowest BCUT2D eigenvalue weighted by molar-refractivity contribution is -0.151. The minimum Gasteiger partial charge on any atom is -0.464 e. The molecule has 0 spiro atoms. The first-order valence-electron chi connectivity index (χ1n) is 6.80. The molecule has 0 saturated heterocycles. The van der Waals surface area contributed by atoms with Crippen LogP contribution in [0.2, 0.25) is 0 Å². The van der Waals surface area contributed by atoms with E-state index >= 15 is 0 Å². The number of amides is 2. The number of imide groups is 1. The van der Waals surface area contributed by atoms with E-state index in [0.717, 1.165) is 24.2 Å². The maximum atomic E-state index is 12.0. The van der Waals surface area contributed by atoms with Crippen LogP contribution in [0.4, 0.5) is 0 Å². The molecule has 1 heterocycles. The van der Waals surface area contributed by atoms with Gasteiger partial charge in [0.2, 0.25) is 0 Å². The molecule has 0 aromatic heterocycles. The van der Waals surface area contributed by atoms with E-state index in [-0.39, 0.29) is 36.9 Å². The molecule has 0 radical (unpaired) electrons. The van der Waals surface area contributed by atoms with Gasteiger partial charge in [-0.2, -0.15) is 0 Å². The number of ether oxygens (including phenoxy) is 1. The minimum atomic E-state index is -0.315. The number of nitrogens with zero attached hydrogens (tertiary/aromatic N) is 1. The summed E-state index contributed by atoms with van der Waals surface area (Å²) in [5, 5.41) is 0. The van der Waals surface area contributed by atoms with E-state index < -0.39 is 0 Å². The zero-order valence-electron chi connectivity index (χ0n) is 11.0. The van der Waals surface area contributed by atoms with Crippen LogP contribution >= 0.6 is 0 Å². The predicted molar refractivity (Wildman–Crippen MR) is 70.1 cm³/mol. The van der Waals surface area contributed by atoms with Crippen LogP contribution < -0.4 is 0 Å². The van der Waals surface area contributed by atoms with Gasteiger partial charge in [0.1, 0.15) is 6.61 Å². The smallest absolute Gasteiger partial charge is 0.308 e. The molecular formula is C15H15NO4. The van der Waals surface area contributed by atoms with Crippen molar-refractivity contribution in [2.24, 2.45) is 5.92 Å². The summed E-state index contributed by atoms with van der Waals surface area (Å²) in [6, 6.07) is 6.72. The van der Waals surface area contributed by atoms with Crippen LogP contribution in [0.1, 0.15) is 40.0 Å². The van der Waals surface area contributed by atoms with Gasteiger partial charge in [0.05, 0.1) is 23.6 Å². The summed E-state index contributed by atoms with van der Waals surface area (Å²) in [5.41, 5.74) is 0.839. The predicted octanol–water partition coefficient (Wildman–Crippen LogP) is 1.63. The summed E-state index contributed by atoms with van der Waals surface area (Å²) in [7, 11) is 0. The Kier molecular flexibility index (Phi) is 3.26. The van der Waals surface area contributed by atoms with Gasteiger partial charge in [0.15, 0.2) is 0 Å². The molecule has 1 aliphatic heterocycles. The lowest BCUT2D eigenvalue weighted by Crippen LogP contribution is -2.34. The summed E-state index contributed by atoms with van der Waals surface area (Å²) in [6.45, 7) is 0.186. The Balaban J connectivity index is 1.58. The van der Waals surface area contributed by atoms with Crippen LogP contribution in [-0.4, -0.2) is 35.8 Å². The Labute approximate surface area is 116 Å². The van der Waals surface area contributed by atoms with Crippen molar-refractivity contribution in [1.29, 1.82) is 0 Å². The van der Waals surface area contributed by atoms with E-state index in [4.69, 9.17) is 4.74 Å². The number of hydrogen-bond acceptors (Lipinski definition) is 4. The molecule has 1 aromatic carbocycles. The van der Waals surface area contributed by atoms with Gasteiger partial charge in [-0.05, 0) is 25.0 Å². The number of hydrogen-bond donors (Lipinski definition) is 0. The van der Waals surface area contributed by atoms with Gasteiger partial charge in [-0.25, -0.2) is 0 Å². The van der Waals surface area contributed by atoms with Crippen molar-refractivity contribution < 1.29 is 19.1 Å². The van der Waals surface area contributed by atoms with Crippen molar-refractivity contribution in [2.45, 2.75) is 19.3 Å². The molecule has 1 saturated carbocycles. The third kappa shape index (κ3) is 2.09. The Hall–Kier alpha value is -2.17. The van der Waals surface area contributed by atoms with Crippen LogP contribution in [0.5, 0.6) is 0 Å². The lowest BCUT2D eigenvalue weighted by Gasteiger charge is -2.23. The molecule has 0 atom stereocenters. The Morgan fingerprint density at radius 1 is 1.15 bits per heavy atom. The second kappa shape index (κ2) is 5.07. The van der Waals surface area contributed by atoms with Crippen LogP contribution in [0, 0.1) is 5.92 Å². The van der Waals surface area contributed by atoms with E-state index in [9.17, 15) is 14.4 Å². The molecule has 5 nitrogen and oxygen atoms in total. The fraction of sp³-hybridized carbons (Fsp3) is 0.400. The number of carbonyl (C=O) groups is 3. The second-order valence-electron chi connectivity index (χ2n) is 5.10. The number of fused-ring (bicyclic) bond motifs is 1. The van der Waals surface area contributed by atoms with Crippen molar-refractivity contribution in [2.75, 3.05) is 13.2 Å². The summed E-state index contributed by atoms with van der Waals surface area (Å²) in [4.78, 5) is 36.8. The lowest BCUT2D eigenvalue weighted by atomic mass is 9.86. The highest BCUT2D eigenvalue weighted by Crippen LogP contribution is 2.27. The van der Waals surface area contributed by atoms with Gasteiger partial charge < -0.3 is 4.74 Å². The molecular weight excluding hydrogens is 258 g/mol. The average Bonchev–Trinajstić information content (AvgIpc) is 2.62. The largest absolute Gasteiger partial charge is 0.464 e. The number of benzene rings is 1. The quantitative estimate of drug-likeness (QED) is 0.618. The number of esters is 1. The van der Waals surface area contributed by atoms with E-state index in [2.05, 4.69) is 0 Å². The standard InChI is InChI=1S/C15H15NO4/c17-13-11-6-1-2-7-12(11)14(18)16(13)8-9-20-15(19)10-4-3-5-10/h1-2,6-7,10H,3-5,8-9H2. The maximum Gasteiger partial charge on any atom is 0.308 e. The van der Waals surface area contributed by atoms with Gasteiger partial charge in [-0.1, -0.05) is 18.6 Å². The summed E-state index contributed by atoms with van der Waals surface area (Å²) < 4.78 is 5.12. The SMILES string of the molecule is O=C(OCCN1C(=O)c2ccccc2C1=O)C1CCC1. The summed E-state index contributed by atoms with van der Waals surface area (Å²) in [5.74, 6) is -0.833. The topological polar surface area (TPSA) is 63.7 Å². The van der Waals surface area contributed by atoms with Crippen LogP contribution in [0.25, 0.3) is 0 Å². The summed E-state index contributed by atoms with van der Waals surface area (Å²) >= 11 is 0. The number of rotatable bonds is 4. The first-order chi connectivity index (χ1) is 9.68. The fourth-order valence-corrected chi connectivity index (χ4v) is 2.44. The van der Waals surface area contributed by atoms with Gasteiger partial charge in [0, 0.05) is 0 Å². The highest BCUT2D eigenvalue weighted by molar-refractivity contribution is 6.21.